The molecule has 1 aromatic carbocycles. The van der Waals surface area contributed by atoms with Crippen LogP contribution >= 0.6 is 0 Å². The van der Waals surface area contributed by atoms with Gasteiger partial charge in [-0.25, -0.2) is 0 Å². The molecular weight excluding hydrogens is 279 g/mol. The van der Waals surface area contributed by atoms with Crippen LogP contribution in [0.2, 0.25) is 0 Å². The van der Waals surface area contributed by atoms with Crippen LogP contribution in [0.15, 0.2) is 18.2 Å². The number of amides is 1. The molecule has 6 heteroatoms. The highest BCUT2D eigenvalue weighted by atomic mass is 16.7. The summed E-state index contributed by atoms with van der Waals surface area (Å²) in [6.07, 6.45) is 0. The van der Waals surface area contributed by atoms with E-state index in [9.17, 15) is 4.79 Å². The Bertz CT molecular complexity index is 748. The Balaban J connectivity index is 2.14. The van der Waals surface area contributed by atoms with Gasteiger partial charge in [-0.3, -0.25) is 4.79 Å². The molecule has 0 bridgehead atoms. The number of hydrogen-bond donors (Lipinski definition) is 2. The Morgan fingerprint density at radius 3 is 2.32 bits per heavy atom. The molecule has 1 saturated heterocycles. The molecule has 1 aliphatic rings. The minimum absolute atomic E-state index is 0.405. The largest absolute Gasteiger partial charge is 0.495 e. The van der Waals surface area contributed by atoms with Crippen molar-refractivity contribution in [1.29, 1.82) is 0 Å². The Hall–Kier alpha value is -1.79. The third kappa shape index (κ3) is 2.14. The van der Waals surface area contributed by atoms with E-state index in [2.05, 4.69) is 4.98 Å². The highest BCUT2D eigenvalue weighted by Gasteiger charge is 2.52. The molecule has 0 spiro atoms. The lowest BCUT2D eigenvalue weighted by atomic mass is 9.76. The van der Waals surface area contributed by atoms with Crippen LogP contribution in [-0.2, 0) is 9.31 Å². The van der Waals surface area contributed by atoms with Crippen molar-refractivity contribution < 1.29 is 14.1 Å². The lowest BCUT2D eigenvalue weighted by Gasteiger charge is -2.32. The van der Waals surface area contributed by atoms with E-state index >= 15 is 0 Å². The number of H-pyrrole nitrogens is 1. The number of primary amides is 1. The summed E-state index contributed by atoms with van der Waals surface area (Å²) in [5.74, 6) is -0.452. The Morgan fingerprint density at radius 2 is 1.77 bits per heavy atom. The second-order valence-electron chi connectivity index (χ2n) is 6.90. The van der Waals surface area contributed by atoms with Gasteiger partial charge < -0.3 is 20.0 Å². The van der Waals surface area contributed by atoms with Crippen molar-refractivity contribution in [3.63, 3.8) is 0 Å². The molecule has 2 heterocycles. The first kappa shape index (κ1) is 15.1. The number of aromatic nitrogens is 1. The number of nitrogens with two attached hydrogens (primary N) is 1. The van der Waals surface area contributed by atoms with Crippen LogP contribution in [0.1, 0.15) is 43.7 Å². The van der Waals surface area contributed by atoms with Gasteiger partial charge in [0.1, 0.15) is 0 Å². The zero-order valence-electron chi connectivity index (χ0n) is 13.6. The number of aromatic amines is 1. The summed E-state index contributed by atoms with van der Waals surface area (Å²) < 4.78 is 12.2. The van der Waals surface area contributed by atoms with Crippen molar-refractivity contribution >= 4 is 29.4 Å². The molecule has 22 heavy (non-hydrogen) atoms. The second kappa shape index (κ2) is 4.60. The second-order valence-corrected chi connectivity index (χ2v) is 6.90. The van der Waals surface area contributed by atoms with Crippen LogP contribution in [0.5, 0.6) is 0 Å². The standard InChI is InChI=1S/C16H21BN2O3/c1-9-8-11-12(7-6-10(14(18)20)13(11)19-9)17-21-15(2,3)16(4,5)22-17/h6-8,19H,1-5H3,(H2,18,20). The van der Waals surface area contributed by atoms with Gasteiger partial charge in [0.2, 0.25) is 0 Å². The normalized spacial score (nSPS) is 19.8. The Labute approximate surface area is 130 Å². The van der Waals surface area contributed by atoms with Gasteiger partial charge in [0, 0.05) is 11.1 Å². The third-order valence-electron chi connectivity index (χ3n) is 4.73. The number of carbonyl (C=O) groups excluding carboxylic acids is 1. The summed E-state index contributed by atoms with van der Waals surface area (Å²) >= 11 is 0. The topological polar surface area (TPSA) is 77.3 Å². The quantitative estimate of drug-likeness (QED) is 0.831. The molecule has 0 radical (unpaired) electrons. The zero-order valence-corrected chi connectivity index (χ0v) is 13.6. The summed E-state index contributed by atoms with van der Waals surface area (Å²) in [5, 5.41) is 0.910. The van der Waals surface area contributed by atoms with Gasteiger partial charge in [-0.1, -0.05) is 6.07 Å². The lowest BCUT2D eigenvalue weighted by molar-refractivity contribution is 0.00578. The molecule has 0 aliphatic carbocycles. The molecule has 3 rings (SSSR count). The highest BCUT2D eigenvalue weighted by Crippen LogP contribution is 2.37. The fraction of sp³-hybridized carbons (Fsp3) is 0.438. The predicted octanol–water partition coefficient (Wildman–Crippen LogP) is 1.87. The van der Waals surface area contributed by atoms with Gasteiger partial charge in [-0.15, -0.1) is 0 Å². The fourth-order valence-corrected chi connectivity index (χ4v) is 2.76. The average Bonchev–Trinajstić information content (AvgIpc) is 2.85. The minimum Gasteiger partial charge on any atom is -0.399 e. The number of carbonyl (C=O) groups is 1. The molecule has 0 unspecified atom stereocenters. The van der Waals surface area contributed by atoms with Crippen molar-refractivity contribution in [1.82, 2.24) is 4.98 Å². The molecule has 1 fully saturated rings. The summed E-state index contributed by atoms with van der Waals surface area (Å²) in [4.78, 5) is 14.8. The maximum absolute atomic E-state index is 11.6. The van der Waals surface area contributed by atoms with E-state index in [1.54, 1.807) is 6.07 Å². The number of fused-ring (bicyclic) bond motifs is 1. The predicted molar refractivity (Wildman–Crippen MR) is 87.3 cm³/mol. The van der Waals surface area contributed by atoms with Crippen molar-refractivity contribution in [3.05, 3.63) is 29.5 Å². The maximum Gasteiger partial charge on any atom is 0.495 e. The Morgan fingerprint density at radius 1 is 1.18 bits per heavy atom. The first-order valence-electron chi connectivity index (χ1n) is 7.40. The van der Waals surface area contributed by atoms with Gasteiger partial charge in [0.25, 0.3) is 5.91 Å². The number of rotatable bonds is 2. The molecule has 3 N–H and O–H groups in total. The molecule has 5 nitrogen and oxygen atoms in total. The third-order valence-corrected chi connectivity index (χ3v) is 4.73. The van der Waals surface area contributed by atoms with Crippen molar-refractivity contribution in [2.75, 3.05) is 0 Å². The van der Waals surface area contributed by atoms with E-state index in [0.29, 0.717) is 5.56 Å². The summed E-state index contributed by atoms with van der Waals surface area (Å²) in [5.41, 5.74) is 7.72. The maximum atomic E-state index is 11.6. The highest BCUT2D eigenvalue weighted by molar-refractivity contribution is 6.65. The molecule has 1 amide bonds. The van der Waals surface area contributed by atoms with E-state index in [-0.39, 0.29) is 0 Å². The van der Waals surface area contributed by atoms with E-state index in [0.717, 1.165) is 22.1 Å². The molecule has 0 saturated carbocycles. The van der Waals surface area contributed by atoms with Crippen LogP contribution in [-0.4, -0.2) is 29.2 Å². The number of nitrogens with one attached hydrogen (secondary N) is 1. The monoisotopic (exact) mass is 300 g/mol. The number of aryl methyl sites for hydroxylation is 1. The molecule has 1 aliphatic heterocycles. The Kier molecular flexibility index (Phi) is 3.16. The van der Waals surface area contributed by atoms with Crippen LogP contribution in [0, 0.1) is 6.92 Å². The lowest BCUT2D eigenvalue weighted by Crippen LogP contribution is -2.41. The van der Waals surface area contributed by atoms with Crippen LogP contribution in [0.3, 0.4) is 0 Å². The van der Waals surface area contributed by atoms with Gasteiger partial charge in [0.15, 0.2) is 0 Å². The summed E-state index contributed by atoms with van der Waals surface area (Å²) in [6.45, 7) is 10.0. The van der Waals surface area contributed by atoms with E-state index in [1.807, 2.05) is 46.8 Å². The van der Waals surface area contributed by atoms with Crippen molar-refractivity contribution in [2.45, 2.75) is 45.8 Å². The average molecular weight is 300 g/mol. The summed E-state index contributed by atoms with van der Waals surface area (Å²) in [6, 6.07) is 5.57. The van der Waals surface area contributed by atoms with Gasteiger partial charge in [-0.2, -0.15) is 0 Å². The number of benzene rings is 1. The number of hydrogen-bond acceptors (Lipinski definition) is 3. The molecule has 1 aromatic heterocycles. The van der Waals surface area contributed by atoms with E-state index in [4.69, 9.17) is 15.0 Å². The van der Waals surface area contributed by atoms with E-state index < -0.39 is 24.2 Å². The molecular formula is C16H21BN2O3. The van der Waals surface area contributed by atoms with Crippen LogP contribution < -0.4 is 11.2 Å². The fourth-order valence-electron chi connectivity index (χ4n) is 2.76. The SMILES string of the molecule is Cc1cc2c(B3OC(C)(C)C(C)(C)O3)ccc(C(N)=O)c2[nH]1. The van der Waals surface area contributed by atoms with Crippen molar-refractivity contribution in [2.24, 2.45) is 5.73 Å². The minimum atomic E-state index is -0.468. The first-order valence-corrected chi connectivity index (χ1v) is 7.40. The van der Waals surface area contributed by atoms with Gasteiger partial charge in [0.05, 0.1) is 22.3 Å². The smallest absolute Gasteiger partial charge is 0.399 e. The molecule has 2 aromatic rings. The zero-order chi connectivity index (χ0) is 16.3. The van der Waals surface area contributed by atoms with E-state index in [1.165, 1.54) is 0 Å². The van der Waals surface area contributed by atoms with Crippen LogP contribution in [0.4, 0.5) is 0 Å². The van der Waals surface area contributed by atoms with Gasteiger partial charge >= 0.3 is 7.12 Å². The van der Waals surface area contributed by atoms with Crippen LogP contribution in [0.25, 0.3) is 10.9 Å². The summed E-state index contributed by atoms with van der Waals surface area (Å²) in [7, 11) is -0.468. The molecule has 0 atom stereocenters. The van der Waals surface area contributed by atoms with Crippen molar-refractivity contribution in [3.8, 4) is 0 Å². The first-order chi connectivity index (χ1) is 10.1. The van der Waals surface area contributed by atoms with Gasteiger partial charge in [-0.05, 0) is 52.2 Å². The molecule has 116 valence electrons.